The van der Waals surface area contributed by atoms with Crippen LogP contribution in [0, 0.1) is 5.92 Å². The Morgan fingerprint density at radius 3 is 2.31 bits per heavy atom. The molecule has 0 aliphatic heterocycles. The first-order valence-corrected chi connectivity index (χ1v) is 5.52. The second-order valence-electron chi connectivity index (χ2n) is 4.26. The number of carboxylic acids is 1. The molecule has 0 aliphatic carbocycles. The smallest absolute Gasteiger partial charge is 0.305 e. The van der Waals surface area contributed by atoms with Gasteiger partial charge in [-0.2, -0.15) is 0 Å². The molecule has 0 bridgehead atoms. The van der Waals surface area contributed by atoms with Crippen molar-refractivity contribution in [1.82, 2.24) is 4.90 Å². The highest BCUT2D eigenvalue weighted by Gasteiger charge is 2.16. The predicted molar refractivity (Wildman–Crippen MR) is 63.1 cm³/mol. The Morgan fingerprint density at radius 2 is 1.94 bits per heavy atom. The topological polar surface area (TPSA) is 57.6 Å². The summed E-state index contributed by atoms with van der Waals surface area (Å²) in [7, 11) is 0. The summed E-state index contributed by atoms with van der Waals surface area (Å²) < 4.78 is 0. The molecular formula is C12H21NO3. The Bertz CT molecular complexity index is 282. The molecule has 16 heavy (non-hydrogen) atoms. The summed E-state index contributed by atoms with van der Waals surface area (Å²) in [5.41, 5.74) is 0.658. The van der Waals surface area contributed by atoms with E-state index in [9.17, 15) is 9.59 Å². The molecule has 4 heteroatoms. The summed E-state index contributed by atoms with van der Waals surface area (Å²) >= 11 is 0. The van der Waals surface area contributed by atoms with Gasteiger partial charge in [0.15, 0.2) is 0 Å². The summed E-state index contributed by atoms with van der Waals surface area (Å²) in [5, 5.41) is 8.62. The average molecular weight is 227 g/mol. The molecule has 0 unspecified atom stereocenters. The van der Waals surface area contributed by atoms with Crippen molar-refractivity contribution in [2.45, 2.75) is 34.1 Å². The SMILES string of the molecule is C/C=C(/C)C(=O)N(CCC(=O)O)CC(C)C. The van der Waals surface area contributed by atoms with E-state index in [2.05, 4.69) is 0 Å². The van der Waals surface area contributed by atoms with Gasteiger partial charge in [0.1, 0.15) is 0 Å². The van der Waals surface area contributed by atoms with E-state index in [0.29, 0.717) is 18.0 Å². The number of hydrogen-bond donors (Lipinski definition) is 1. The van der Waals surface area contributed by atoms with Crippen molar-refractivity contribution in [1.29, 1.82) is 0 Å². The molecule has 0 radical (unpaired) electrons. The first kappa shape index (κ1) is 14.7. The van der Waals surface area contributed by atoms with Crippen molar-refractivity contribution in [3.63, 3.8) is 0 Å². The Hall–Kier alpha value is -1.32. The summed E-state index contributed by atoms with van der Waals surface area (Å²) in [6, 6.07) is 0. The van der Waals surface area contributed by atoms with E-state index in [1.54, 1.807) is 24.8 Å². The lowest BCUT2D eigenvalue weighted by molar-refractivity contribution is -0.138. The van der Waals surface area contributed by atoms with Gasteiger partial charge < -0.3 is 10.0 Å². The third-order valence-electron chi connectivity index (χ3n) is 2.24. The number of carboxylic acid groups (broad SMARTS) is 1. The molecule has 0 aromatic carbocycles. The minimum atomic E-state index is -0.875. The van der Waals surface area contributed by atoms with Crippen LogP contribution < -0.4 is 0 Å². The van der Waals surface area contributed by atoms with E-state index in [1.807, 2.05) is 13.8 Å². The first-order chi connectivity index (χ1) is 7.38. The van der Waals surface area contributed by atoms with Crippen LogP contribution in [0.25, 0.3) is 0 Å². The van der Waals surface area contributed by atoms with Crippen molar-refractivity contribution in [3.05, 3.63) is 11.6 Å². The van der Waals surface area contributed by atoms with Gasteiger partial charge in [0.2, 0.25) is 5.91 Å². The fourth-order valence-corrected chi connectivity index (χ4v) is 1.32. The number of carbonyl (C=O) groups is 2. The summed E-state index contributed by atoms with van der Waals surface area (Å²) in [6.45, 7) is 8.43. The number of nitrogens with zero attached hydrogens (tertiary/aromatic N) is 1. The number of amides is 1. The maximum Gasteiger partial charge on any atom is 0.305 e. The van der Waals surface area contributed by atoms with Gasteiger partial charge in [0.25, 0.3) is 0 Å². The molecule has 0 aliphatic rings. The lowest BCUT2D eigenvalue weighted by Gasteiger charge is -2.24. The zero-order chi connectivity index (χ0) is 12.7. The first-order valence-electron chi connectivity index (χ1n) is 5.52. The zero-order valence-corrected chi connectivity index (χ0v) is 10.5. The van der Waals surface area contributed by atoms with Crippen LogP contribution in [-0.2, 0) is 9.59 Å². The Morgan fingerprint density at radius 1 is 1.38 bits per heavy atom. The molecule has 0 aromatic rings. The molecule has 0 heterocycles. The molecule has 92 valence electrons. The zero-order valence-electron chi connectivity index (χ0n) is 10.5. The second kappa shape index (κ2) is 7.04. The van der Waals surface area contributed by atoms with Gasteiger partial charge in [-0.1, -0.05) is 19.9 Å². The van der Waals surface area contributed by atoms with Crippen LogP contribution >= 0.6 is 0 Å². The Labute approximate surface area is 96.9 Å². The molecule has 0 aromatic heterocycles. The molecule has 0 spiro atoms. The highest BCUT2D eigenvalue weighted by molar-refractivity contribution is 5.92. The van der Waals surface area contributed by atoms with Crippen LogP contribution in [0.1, 0.15) is 34.1 Å². The molecule has 0 atom stereocenters. The number of hydrogen-bond acceptors (Lipinski definition) is 2. The van der Waals surface area contributed by atoms with Gasteiger partial charge >= 0.3 is 5.97 Å². The number of aliphatic carboxylic acids is 1. The standard InChI is InChI=1S/C12H21NO3/c1-5-10(4)12(16)13(8-9(2)3)7-6-11(14)15/h5,9H,6-8H2,1-4H3,(H,14,15)/b10-5-. The third-order valence-corrected chi connectivity index (χ3v) is 2.24. The lowest BCUT2D eigenvalue weighted by Crippen LogP contribution is -2.36. The minimum Gasteiger partial charge on any atom is -0.481 e. The van der Waals surface area contributed by atoms with E-state index in [4.69, 9.17) is 5.11 Å². The summed E-state index contributed by atoms with van der Waals surface area (Å²) in [4.78, 5) is 24.0. The molecule has 0 rings (SSSR count). The van der Waals surface area contributed by atoms with E-state index >= 15 is 0 Å². The molecular weight excluding hydrogens is 206 g/mol. The quantitative estimate of drug-likeness (QED) is 0.705. The monoisotopic (exact) mass is 227 g/mol. The Balaban J connectivity index is 4.53. The van der Waals surface area contributed by atoms with Crippen molar-refractivity contribution in [2.24, 2.45) is 5.92 Å². The fraction of sp³-hybridized carbons (Fsp3) is 0.667. The highest BCUT2D eigenvalue weighted by Crippen LogP contribution is 2.06. The van der Waals surface area contributed by atoms with Crippen LogP contribution in [0.5, 0.6) is 0 Å². The maximum atomic E-state index is 11.9. The molecule has 0 fully saturated rings. The van der Waals surface area contributed by atoms with E-state index in [0.717, 1.165) is 0 Å². The molecule has 1 amide bonds. The Kier molecular flexibility index (Phi) is 6.46. The van der Waals surface area contributed by atoms with Gasteiger partial charge in [-0.25, -0.2) is 0 Å². The molecule has 4 nitrogen and oxygen atoms in total. The predicted octanol–water partition coefficient (Wildman–Crippen LogP) is 1.91. The largest absolute Gasteiger partial charge is 0.481 e. The third kappa shape index (κ3) is 5.53. The van der Waals surface area contributed by atoms with Gasteiger partial charge in [0.05, 0.1) is 6.42 Å². The van der Waals surface area contributed by atoms with Crippen LogP contribution in [0.4, 0.5) is 0 Å². The second-order valence-corrected chi connectivity index (χ2v) is 4.26. The number of carbonyl (C=O) groups excluding carboxylic acids is 1. The van der Waals surface area contributed by atoms with E-state index in [-0.39, 0.29) is 18.9 Å². The summed E-state index contributed by atoms with van der Waals surface area (Å²) in [5.74, 6) is -0.612. The van der Waals surface area contributed by atoms with Crippen molar-refractivity contribution < 1.29 is 14.7 Å². The van der Waals surface area contributed by atoms with Crippen LogP contribution in [-0.4, -0.2) is 35.0 Å². The highest BCUT2D eigenvalue weighted by atomic mass is 16.4. The average Bonchev–Trinajstić information content (AvgIpc) is 2.21. The normalized spacial score (nSPS) is 11.7. The fourth-order valence-electron chi connectivity index (χ4n) is 1.32. The maximum absolute atomic E-state index is 11.9. The van der Waals surface area contributed by atoms with Crippen molar-refractivity contribution in [2.75, 3.05) is 13.1 Å². The number of rotatable bonds is 6. The lowest BCUT2D eigenvalue weighted by atomic mass is 10.1. The van der Waals surface area contributed by atoms with Gasteiger partial charge in [-0.15, -0.1) is 0 Å². The van der Waals surface area contributed by atoms with Crippen LogP contribution in [0.15, 0.2) is 11.6 Å². The van der Waals surface area contributed by atoms with Gasteiger partial charge in [-0.05, 0) is 19.8 Å². The molecule has 0 saturated carbocycles. The minimum absolute atomic E-state index is 0.00451. The van der Waals surface area contributed by atoms with Gasteiger partial charge in [-0.3, -0.25) is 9.59 Å². The van der Waals surface area contributed by atoms with E-state index in [1.165, 1.54) is 0 Å². The number of allylic oxidation sites excluding steroid dienone is 1. The van der Waals surface area contributed by atoms with Crippen molar-refractivity contribution >= 4 is 11.9 Å². The summed E-state index contributed by atoms with van der Waals surface area (Å²) in [6.07, 6.45) is 1.74. The van der Waals surface area contributed by atoms with Gasteiger partial charge in [0, 0.05) is 18.7 Å². The van der Waals surface area contributed by atoms with Crippen LogP contribution in [0.3, 0.4) is 0 Å². The van der Waals surface area contributed by atoms with Crippen molar-refractivity contribution in [3.8, 4) is 0 Å². The van der Waals surface area contributed by atoms with Crippen LogP contribution in [0.2, 0.25) is 0 Å². The van der Waals surface area contributed by atoms with E-state index < -0.39 is 5.97 Å². The molecule has 0 saturated heterocycles. The molecule has 1 N–H and O–H groups in total.